The van der Waals surface area contributed by atoms with Gasteiger partial charge in [0.15, 0.2) is 0 Å². The van der Waals surface area contributed by atoms with Crippen LogP contribution in [0, 0.1) is 0 Å². The first-order chi connectivity index (χ1) is 8.78. The van der Waals surface area contributed by atoms with Gasteiger partial charge in [0.1, 0.15) is 17.3 Å². The van der Waals surface area contributed by atoms with Crippen molar-refractivity contribution in [3.05, 3.63) is 41.9 Å². The summed E-state index contributed by atoms with van der Waals surface area (Å²) in [5, 5.41) is 0. The Labute approximate surface area is 107 Å². The van der Waals surface area contributed by atoms with E-state index in [9.17, 15) is 0 Å². The summed E-state index contributed by atoms with van der Waals surface area (Å²) < 4.78 is 7.83. The monoisotopic (exact) mass is 248 g/mol. The number of nitrogens with two attached hydrogens (primary N) is 1. The molecule has 2 aromatic heterocycles. The molecule has 0 saturated heterocycles. The van der Waals surface area contributed by atoms with Gasteiger partial charge in [-0.3, -0.25) is 5.84 Å². The predicted molar refractivity (Wildman–Crippen MR) is 69.8 cm³/mol. The number of nitrogens with one attached hydrogen (secondary N) is 1. The highest BCUT2D eigenvalue weighted by atomic mass is 16.3. The molecule has 0 aromatic carbocycles. The van der Waals surface area contributed by atoms with Crippen LogP contribution in [0.1, 0.15) is 37.2 Å². The van der Waals surface area contributed by atoms with Crippen molar-refractivity contribution in [2.45, 2.75) is 39.3 Å². The largest absolute Gasteiger partial charge is 0.464 e. The molecular formula is C13H20N4O. The molecule has 18 heavy (non-hydrogen) atoms. The molecule has 1 unspecified atom stereocenters. The zero-order valence-electron chi connectivity index (χ0n) is 10.9. The molecule has 5 heteroatoms. The molecule has 0 radical (unpaired) electrons. The Hall–Kier alpha value is -1.59. The first-order valence-electron chi connectivity index (χ1n) is 6.33. The minimum atomic E-state index is -0.0435. The van der Waals surface area contributed by atoms with Crippen LogP contribution in [-0.4, -0.2) is 9.55 Å². The van der Waals surface area contributed by atoms with Crippen LogP contribution in [0.3, 0.4) is 0 Å². The molecule has 1 atom stereocenters. The number of hydrogen-bond donors (Lipinski definition) is 2. The second kappa shape index (κ2) is 5.84. The van der Waals surface area contributed by atoms with Crippen molar-refractivity contribution in [1.82, 2.24) is 15.0 Å². The molecule has 98 valence electrons. The maximum absolute atomic E-state index is 5.73. The van der Waals surface area contributed by atoms with Gasteiger partial charge in [-0.05, 0) is 19.1 Å². The number of aryl methyl sites for hydroxylation is 2. The minimum Gasteiger partial charge on any atom is -0.464 e. The molecule has 0 saturated carbocycles. The summed E-state index contributed by atoms with van der Waals surface area (Å²) in [6, 6.07) is 3.92. The number of furan rings is 1. The molecule has 0 spiro atoms. The van der Waals surface area contributed by atoms with E-state index in [0.29, 0.717) is 6.42 Å². The summed E-state index contributed by atoms with van der Waals surface area (Å²) >= 11 is 0. The molecular weight excluding hydrogens is 228 g/mol. The second-order valence-electron chi connectivity index (χ2n) is 4.21. The third kappa shape index (κ3) is 2.63. The van der Waals surface area contributed by atoms with E-state index in [-0.39, 0.29) is 6.04 Å². The van der Waals surface area contributed by atoms with E-state index in [1.54, 1.807) is 0 Å². The highest BCUT2D eigenvalue weighted by Gasteiger charge is 2.17. The topological polar surface area (TPSA) is 69.0 Å². The maximum Gasteiger partial charge on any atom is 0.122 e. The van der Waals surface area contributed by atoms with E-state index in [2.05, 4.69) is 28.8 Å². The number of aromatic nitrogens is 2. The van der Waals surface area contributed by atoms with Crippen LogP contribution in [0.15, 0.2) is 28.9 Å². The fourth-order valence-electron chi connectivity index (χ4n) is 2.01. The summed E-state index contributed by atoms with van der Waals surface area (Å²) in [5.74, 6) is 8.46. The van der Waals surface area contributed by atoms with Crippen LogP contribution < -0.4 is 11.3 Å². The van der Waals surface area contributed by atoms with Crippen molar-refractivity contribution in [2.24, 2.45) is 5.84 Å². The summed E-state index contributed by atoms with van der Waals surface area (Å²) in [7, 11) is 0. The van der Waals surface area contributed by atoms with Gasteiger partial charge in [-0.1, -0.05) is 6.92 Å². The summed E-state index contributed by atoms with van der Waals surface area (Å²) in [6.45, 7) is 5.07. The van der Waals surface area contributed by atoms with Gasteiger partial charge in [0.05, 0.1) is 6.04 Å². The Morgan fingerprint density at radius 2 is 2.28 bits per heavy atom. The number of rotatable bonds is 6. The summed E-state index contributed by atoms with van der Waals surface area (Å²) in [6.07, 6.45) is 5.39. The first kappa shape index (κ1) is 12.9. The van der Waals surface area contributed by atoms with Gasteiger partial charge in [0.25, 0.3) is 0 Å². The SMILES string of the molecule is CCc1ccc(C(Cc2nccn2CC)NN)o1. The first-order valence-corrected chi connectivity index (χ1v) is 6.33. The van der Waals surface area contributed by atoms with E-state index in [1.807, 2.05) is 24.5 Å². The molecule has 2 aromatic rings. The molecule has 3 N–H and O–H groups in total. The standard InChI is InChI=1S/C13H20N4O/c1-3-10-5-6-12(18-10)11(16-14)9-13-15-7-8-17(13)4-2/h5-8,11,16H,3-4,9,14H2,1-2H3. The van der Waals surface area contributed by atoms with Crippen LogP contribution in [0.5, 0.6) is 0 Å². The maximum atomic E-state index is 5.73. The van der Waals surface area contributed by atoms with Gasteiger partial charge in [-0.15, -0.1) is 0 Å². The van der Waals surface area contributed by atoms with Gasteiger partial charge in [0, 0.05) is 31.8 Å². The zero-order valence-corrected chi connectivity index (χ0v) is 10.9. The van der Waals surface area contributed by atoms with Crippen molar-refractivity contribution in [2.75, 3.05) is 0 Å². The molecule has 0 bridgehead atoms. The number of hydrazine groups is 1. The van der Waals surface area contributed by atoms with E-state index in [0.717, 1.165) is 30.3 Å². The summed E-state index contributed by atoms with van der Waals surface area (Å²) in [5.41, 5.74) is 2.80. The smallest absolute Gasteiger partial charge is 0.122 e. The van der Waals surface area contributed by atoms with Crippen LogP contribution in [0.25, 0.3) is 0 Å². The molecule has 0 aliphatic heterocycles. The Kier molecular flexibility index (Phi) is 4.17. The Morgan fingerprint density at radius 1 is 1.44 bits per heavy atom. The van der Waals surface area contributed by atoms with Crippen LogP contribution in [-0.2, 0) is 19.4 Å². The average molecular weight is 248 g/mol. The lowest BCUT2D eigenvalue weighted by atomic mass is 10.1. The van der Waals surface area contributed by atoms with Crippen LogP contribution in [0.4, 0.5) is 0 Å². The lowest BCUT2D eigenvalue weighted by Gasteiger charge is -2.13. The molecule has 0 fully saturated rings. The van der Waals surface area contributed by atoms with E-state index in [4.69, 9.17) is 10.3 Å². The van der Waals surface area contributed by atoms with E-state index < -0.39 is 0 Å². The van der Waals surface area contributed by atoms with Crippen molar-refractivity contribution in [1.29, 1.82) is 0 Å². The Balaban J connectivity index is 2.14. The zero-order chi connectivity index (χ0) is 13.0. The van der Waals surface area contributed by atoms with Crippen molar-refractivity contribution in [3.8, 4) is 0 Å². The average Bonchev–Trinajstić information content (AvgIpc) is 3.04. The van der Waals surface area contributed by atoms with Crippen molar-refractivity contribution < 1.29 is 4.42 Å². The van der Waals surface area contributed by atoms with Gasteiger partial charge in [-0.25, -0.2) is 10.4 Å². The minimum absolute atomic E-state index is 0.0435. The van der Waals surface area contributed by atoms with Crippen LogP contribution >= 0.6 is 0 Å². The predicted octanol–water partition coefficient (Wildman–Crippen LogP) is 1.81. The molecule has 2 rings (SSSR count). The van der Waals surface area contributed by atoms with Crippen molar-refractivity contribution >= 4 is 0 Å². The molecule has 0 aliphatic rings. The lowest BCUT2D eigenvalue weighted by Crippen LogP contribution is -2.30. The Morgan fingerprint density at radius 3 is 2.89 bits per heavy atom. The fraction of sp³-hybridized carbons (Fsp3) is 0.462. The van der Waals surface area contributed by atoms with Gasteiger partial charge >= 0.3 is 0 Å². The van der Waals surface area contributed by atoms with Crippen LogP contribution in [0.2, 0.25) is 0 Å². The number of imidazole rings is 1. The van der Waals surface area contributed by atoms with E-state index in [1.165, 1.54) is 0 Å². The van der Waals surface area contributed by atoms with Gasteiger partial charge < -0.3 is 8.98 Å². The highest BCUT2D eigenvalue weighted by molar-refractivity contribution is 5.12. The summed E-state index contributed by atoms with van der Waals surface area (Å²) in [4.78, 5) is 4.35. The molecule has 2 heterocycles. The normalized spacial score (nSPS) is 12.8. The Bertz CT molecular complexity index is 489. The molecule has 0 aliphatic carbocycles. The third-order valence-electron chi connectivity index (χ3n) is 3.10. The number of nitrogens with zero attached hydrogens (tertiary/aromatic N) is 2. The second-order valence-corrected chi connectivity index (χ2v) is 4.21. The third-order valence-corrected chi connectivity index (χ3v) is 3.10. The highest BCUT2D eigenvalue weighted by Crippen LogP contribution is 2.20. The quantitative estimate of drug-likeness (QED) is 0.604. The van der Waals surface area contributed by atoms with Gasteiger partial charge in [0.2, 0.25) is 0 Å². The van der Waals surface area contributed by atoms with Crippen molar-refractivity contribution in [3.63, 3.8) is 0 Å². The van der Waals surface area contributed by atoms with Gasteiger partial charge in [-0.2, -0.15) is 0 Å². The van der Waals surface area contributed by atoms with E-state index >= 15 is 0 Å². The fourth-order valence-corrected chi connectivity index (χ4v) is 2.01. The molecule has 0 amide bonds. The number of hydrogen-bond acceptors (Lipinski definition) is 4. The molecule has 5 nitrogen and oxygen atoms in total. The lowest BCUT2D eigenvalue weighted by molar-refractivity contribution is 0.390.